The zero-order valence-electron chi connectivity index (χ0n) is 12.0. The highest BCUT2D eigenvalue weighted by Crippen LogP contribution is 2.23. The molecule has 0 saturated carbocycles. The van der Waals surface area contributed by atoms with Gasteiger partial charge in [0.2, 0.25) is 0 Å². The first-order chi connectivity index (χ1) is 10.1. The fraction of sp³-hybridized carbons (Fsp3) is 0.176. The number of hydrogen-bond donors (Lipinski definition) is 2. The van der Waals surface area contributed by atoms with Crippen LogP contribution in [0.25, 0.3) is 0 Å². The van der Waals surface area contributed by atoms with Crippen molar-refractivity contribution in [2.45, 2.75) is 19.3 Å². The summed E-state index contributed by atoms with van der Waals surface area (Å²) >= 11 is 0. The van der Waals surface area contributed by atoms with Gasteiger partial charge in [-0.15, -0.1) is 0 Å². The lowest BCUT2D eigenvalue weighted by Crippen LogP contribution is -2.26. The predicted molar refractivity (Wildman–Crippen MR) is 84.9 cm³/mol. The first kappa shape index (κ1) is 14.8. The summed E-state index contributed by atoms with van der Waals surface area (Å²) in [5.74, 6) is -0.900. The lowest BCUT2D eigenvalue weighted by Gasteiger charge is -2.14. The molecule has 0 aliphatic carbocycles. The highest BCUT2D eigenvalue weighted by Gasteiger charge is 2.20. The third-order valence-electron chi connectivity index (χ3n) is 3.26. The molecule has 0 heterocycles. The SMILES string of the molecule is Cc1cccc(CC(C(=O)N=C(N)N)c2ccccc2)c1. The van der Waals surface area contributed by atoms with E-state index in [4.69, 9.17) is 11.5 Å². The lowest BCUT2D eigenvalue weighted by molar-refractivity contribution is -0.119. The Bertz CT molecular complexity index is 646. The Labute approximate surface area is 124 Å². The van der Waals surface area contributed by atoms with Crippen molar-refractivity contribution >= 4 is 11.9 Å². The average Bonchev–Trinajstić information content (AvgIpc) is 2.45. The largest absolute Gasteiger partial charge is 0.370 e. The average molecular weight is 281 g/mol. The molecular formula is C17H19N3O. The van der Waals surface area contributed by atoms with E-state index in [-0.39, 0.29) is 17.8 Å². The quantitative estimate of drug-likeness (QED) is 0.665. The Morgan fingerprint density at radius 1 is 1.10 bits per heavy atom. The van der Waals surface area contributed by atoms with E-state index in [0.717, 1.165) is 16.7 Å². The molecule has 4 heteroatoms. The Hall–Kier alpha value is -2.62. The van der Waals surface area contributed by atoms with Gasteiger partial charge in [0.05, 0.1) is 5.92 Å². The minimum atomic E-state index is -0.380. The zero-order valence-corrected chi connectivity index (χ0v) is 12.0. The normalized spacial score (nSPS) is 11.7. The standard InChI is InChI=1S/C17H19N3O/c1-12-6-5-7-13(10-12)11-15(16(21)20-17(18)19)14-8-3-2-4-9-14/h2-10,15H,11H2,1H3,(H4,18,19,20,21). The first-order valence-electron chi connectivity index (χ1n) is 6.80. The number of benzene rings is 2. The van der Waals surface area contributed by atoms with E-state index in [9.17, 15) is 4.79 Å². The second-order valence-electron chi connectivity index (χ2n) is 5.03. The Kier molecular flexibility index (Phi) is 4.72. The molecule has 1 atom stereocenters. The molecular weight excluding hydrogens is 262 g/mol. The smallest absolute Gasteiger partial charge is 0.256 e. The molecule has 1 unspecified atom stereocenters. The third-order valence-corrected chi connectivity index (χ3v) is 3.26. The molecule has 2 aromatic carbocycles. The van der Waals surface area contributed by atoms with E-state index < -0.39 is 0 Å². The third kappa shape index (κ3) is 4.18. The number of aliphatic imine (C=N–C) groups is 1. The van der Waals surface area contributed by atoms with Crippen LogP contribution in [0.2, 0.25) is 0 Å². The van der Waals surface area contributed by atoms with Crippen molar-refractivity contribution in [3.63, 3.8) is 0 Å². The molecule has 4 nitrogen and oxygen atoms in total. The van der Waals surface area contributed by atoms with Crippen LogP contribution in [-0.2, 0) is 11.2 Å². The summed E-state index contributed by atoms with van der Waals surface area (Å²) in [5, 5.41) is 0. The summed E-state index contributed by atoms with van der Waals surface area (Å²) in [4.78, 5) is 16.0. The number of carbonyl (C=O) groups is 1. The van der Waals surface area contributed by atoms with E-state index >= 15 is 0 Å². The van der Waals surface area contributed by atoms with Gasteiger partial charge >= 0.3 is 0 Å². The van der Waals surface area contributed by atoms with Crippen molar-refractivity contribution < 1.29 is 4.79 Å². The van der Waals surface area contributed by atoms with Gasteiger partial charge in [-0.3, -0.25) is 4.79 Å². The molecule has 108 valence electrons. The summed E-state index contributed by atoms with van der Waals surface area (Å²) in [7, 11) is 0. The van der Waals surface area contributed by atoms with Crippen LogP contribution in [0, 0.1) is 6.92 Å². The van der Waals surface area contributed by atoms with Crippen LogP contribution in [0.5, 0.6) is 0 Å². The highest BCUT2D eigenvalue weighted by atomic mass is 16.1. The number of rotatable bonds is 4. The van der Waals surface area contributed by atoms with Gasteiger partial charge in [-0.1, -0.05) is 60.2 Å². The van der Waals surface area contributed by atoms with Crippen molar-refractivity contribution in [3.05, 3.63) is 71.3 Å². The number of guanidine groups is 1. The van der Waals surface area contributed by atoms with Crippen molar-refractivity contribution in [2.75, 3.05) is 0 Å². The zero-order chi connectivity index (χ0) is 15.2. The molecule has 0 aliphatic rings. The van der Waals surface area contributed by atoms with Crippen LogP contribution < -0.4 is 11.5 Å². The number of hydrogen-bond acceptors (Lipinski definition) is 1. The molecule has 0 saturated heterocycles. The van der Waals surface area contributed by atoms with Crippen molar-refractivity contribution in [1.82, 2.24) is 0 Å². The Balaban J connectivity index is 2.32. The maximum atomic E-state index is 12.3. The van der Waals surface area contributed by atoms with E-state index in [2.05, 4.69) is 11.1 Å². The second kappa shape index (κ2) is 6.70. The van der Waals surface area contributed by atoms with E-state index in [0.29, 0.717) is 6.42 Å². The highest BCUT2D eigenvalue weighted by molar-refractivity contribution is 5.95. The first-order valence-corrected chi connectivity index (χ1v) is 6.80. The summed E-state index contributed by atoms with van der Waals surface area (Å²) < 4.78 is 0. The molecule has 0 aromatic heterocycles. The predicted octanol–water partition coefficient (Wildman–Crippen LogP) is 2.12. The summed E-state index contributed by atoms with van der Waals surface area (Å²) in [5.41, 5.74) is 13.8. The Morgan fingerprint density at radius 2 is 1.81 bits per heavy atom. The van der Waals surface area contributed by atoms with Crippen molar-refractivity contribution in [1.29, 1.82) is 0 Å². The van der Waals surface area contributed by atoms with Gasteiger partial charge in [0.1, 0.15) is 0 Å². The van der Waals surface area contributed by atoms with Crippen LogP contribution in [0.1, 0.15) is 22.6 Å². The molecule has 0 spiro atoms. The van der Waals surface area contributed by atoms with E-state index in [1.807, 2.05) is 55.5 Å². The monoisotopic (exact) mass is 281 g/mol. The lowest BCUT2D eigenvalue weighted by atomic mass is 9.91. The fourth-order valence-electron chi connectivity index (χ4n) is 2.31. The number of nitrogens with two attached hydrogens (primary N) is 2. The molecule has 4 N–H and O–H groups in total. The maximum absolute atomic E-state index is 12.3. The summed E-state index contributed by atoms with van der Waals surface area (Å²) in [6.45, 7) is 2.03. The molecule has 2 rings (SSSR count). The van der Waals surface area contributed by atoms with Crippen molar-refractivity contribution in [2.24, 2.45) is 16.5 Å². The molecule has 21 heavy (non-hydrogen) atoms. The molecule has 0 bridgehead atoms. The van der Waals surface area contributed by atoms with Gasteiger partial charge in [-0.25, -0.2) is 0 Å². The van der Waals surface area contributed by atoms with Gasteiger partial charge < -0.3 is 11.5 Å². The van der Waals surface area contributed by atoms with Crippen LogP contribution in [0.4, 0.5) is 0 Å². The van der Waals surface area contributed by atoms with Gasteiger partial charge in [-0.05, 0) is 24.5 Å². The Morgan fingerprint density at radius 3 is 2.43 bits per heavy atom. The van der Waals surface area contributed by atoms with Crippen LogP contribution in [0.3, 0.4) is 0 Å². The maximum Gasteiger partial charge on any atom is 0.256 e. The van der Waals surface area contributed by atoms with E-state index in [1.165, 1.54) is 0 Å². The van der Waals surface area contributed by atoms with E-state index in [1.54, 1.807) is 0 Å². The molecule has 0 fully saturated rings. The molecule has 0 radical (unpaired) electrons. The minimum absolute atomic E-state index is 0.204. The topological polar surface area (TPSA) is 81.5 Å². The minimum Gasteiger partial charge on any atom is -0.370 e. The van der Waals surface area contributed by atoms with Crippen LogP contribution >= 0.6 is 0 Å². The van der Waals surface area contributed by atoms with Gasteiger partial charge in [0.15, 0.2) is 5.96 Å². The van der Waals surface area contributed by atoms with Gasteiger partial charge in [-0.2, -0.15) is 4.99 Å². The van der Waals surface area contributed by atoms with Gasteiger partial charge in [0.25, 0.3) is 5.91 Å². The molecule has 2 aromatic rings. The number of aryl methyl sites for hydroxylation is 1. The van der Waals surface area contributed by atoms with Crippen molar-refractivity contribution in [3.8, 4) is 0 Å². The molecule has 1 amide bonds. The fourth-order valence-corrected chi connectivity index (χ4v) is 2.31. The molecule has 0 aliphatic heterocycles. The van der Waals surface area contributed by atoms with Crippen LogP contribution in [0.15, 0.2) is 59.6 Å². The van der Waals surface area contributed by atoms with Gasteiger partial charge in [0, 0.05) is 0 Å². The summed E-state index contributed by atoms with van der Waals surface area (Å²) in [6.07, 6.45) is 0.571. The number of amides is 1. The van der Waals surface area contributed by atoms with Crippen LogP contribution in [-0.4, -0.2) is 11.9 Å². The second-order valence-corrected chi connectivity index (χ2v) is 5.03. The summed E-state index contributed by atoms with van der Waals surface area (Å²) in [6, 6.07) is 17.6. The number of carbonyl (C=O) groups excluding carboxylic acids is 1. The number of nitrogens with zero attached hydrogens (tertiary/aromatic N) is 1.